The molecule has 0 saturated carbocycles. The molecule has 2 aliphatic heterocycles. The summed E-state index contributed by atoms with van der Waals surface area (Å²) in [7, 11) is 0. The first-order valence-corrected chi connectivity index (χ1v) is 8.39. The predicted molar refractivity (Wildman–Crippen MR) is 86.1 cm³/mol. The number of nitrogens with zero attached hydrogens (tertiary/aromatic N) is 2. The van der Waals surface area contributed by atoms with Crippen LogP contribution in [0.25, 0.3) is 0 Å². The summed E-state index contributed by atoms with van der Waals surface area (Å²) in [5, 5.41) is 16.3. The van der Waals surface area contributed by atoms with E-state index >= 15 is 0 Å². The van der Waals surface area contributed by atoms with Crippen LogP contribution in [0.5, 0.6) is 0 Å². The Morgan fingerprint density at radius 3 is 2.62 bits per heavy atom. The van der Waals surface area contributed by atoms with Crippen molar-refractivity contribution in [1.82, 2.24) is 20.4 Å². The van der Waals surface area contributed by atoms with Gasteiger partial charge in [0.1, 0.15) is 12.1 Å². The zero-order chi connectivity index (χ0) is 17.7. The first-order valence-electron chi connectivity index (χ1n) is 8.39. The molecule has 1 atom stereocenters. The van der Waals surface area contributed by atoms with Crippen LogP contribution < -0.4 is 15.7 Å². The smallest absolute Gasteiger partial charge is 0.318 e. The molecule has 2 heterocycles. The summed E-state index contributed by atoms with van der Waals surface area (Å²) in [4.78, 5) is 37.9. The van der Waals surface area contributed by atoms with Crippen LogP contribution in [0.4, 0.5) is 9.59 Å². The number of likely N-dealkylation sites (tertiary alicyclic amines) is 2. The number of urea groups is 1. The largest absolute Gasteiger partial charge is 0.530 e. The average molecular weight is 337 g/mol. The molecule has 2 rings (SSSR count). The van der Waals surface area contributed by atoms with Crippen LogP contribution in [0.3, 0.4) is 0 Å². The average Bonchev–Trinajstić information content (AvgIpc) is 2.88. The number of rotatable bonds is 6. The van der Waals surface area contributed by atoms with Crippen molar-refractivity contribution in [2.24, 2.45) is 0 Å². The van der Waals surface area contributed by atoms with Crippen LogP contribution >= 0.6 is 0 Å². The molecule has 0 radical (unpaired) electrons. The molecular formula is C16H25N4O4-. The van der Waals surface area contributed by atoms with Crippen molar-refractivity contribution in [2.45, 2.75) is 44.7 Å². The van der Waals surface area contributed by atoms with Crippen molar-refractivity contribution in [3.05, 3.63) is 12.2 Å². The lowest BCUT2D eigenvalue weighted by atomic mass is 10.1. The third-order valence-electron chi connectivity index (χ3n) is 4.36. The van der Waals surface area contributed by atoms with Gasteiger partial charge in [-0.1, -0.05) is 31.9 Å². The van der Waals surface area contributed by atoms with E-state index in [9.17, 15) is 19.5 Å². The van der Waals surface area contributed by atoms with Gasteiger partial charge in [-0.15, -0.1) is 0 Å². The molecule has 4 amide bonds. The minimum Gasteiger partial charge on any atom is -0.530 e. The monoisotopic (exact) mass is 337 g/mol. The van der Waals surface area contributed by atoms with E-state index < -0.39 is 12.1 Å². The van der Waals surface area contributed by atoms with Crippen LogP contribution in [0, 0.1) is 0 Å². The van der Waals surface area contributed by atoms with Gasteiger partial charge in [0.05, 0.1) is 6.04 Å². The van der Waals surface area contributed by atoms with Gasteiger partial charge in [-0.2, -0.15) is 0 Å². The summed E-state index contributed by atoms with van der Waals surface area (Å²) in [5.41, 5.74) is 0.837. The van der Waals surface area contributed by atoms with Gasteiger partial charge in [0.25, 0.3) is 0 Å². The molecule has 134 valence electrons. The van der Waals surface area contributed by atoms with E-state index in [4.69, 9.17) is 0 Å². The fourth-order valence-electron chi connectivity index (χ4n) is 2.94. The molecule has 8 nitrogen and oxygen atoms in total. The van der Waals surface area contributed by atoms with Crippen molar-refractivity contribution in [2.75, 3.05) is 26.2 Å². The van der Waals surface area contributed by atoms with Crippen molar-refractivity contribution in [3.63, 3.8) is 0 Å². The fourth-order valence-corrected chi connectivity index (χ4v) is 2.94. The number of unbranched alkanes of at least 4 members (excludes halogenated alkanes) is 2. The van der Waals surface area contributed by atoms with Gasteiger partial charge >= 0.3 is 6.03 Å². The zero-order valence-corrected chi connectivity index (χ0v) is 14.0. The number of carbonyl (C=O) groups is 3. The highest BCUT2D eigenvalue weighted by molar-refractivity contribution is 5.88. The van der Waals surface area contributed by atoms with E-state index in [1.165, 1.54) is 4.90 Å². The summed E-state index contributed by atoms with van der Waals surface area (Å²) < 4.78 is 0. The van der Waals surface area contributed by atoms with Crippen molar-refractivity contribution in [3.8, 4) is 0 Å². The number of nitrogens with one attached hydrogen (secondary N) is 2. The predicted octanol–water partition coefficient (Wildman–Crippen LogP) is -0.340. The topological polar surface area (TPSA) is 105 Å². The molecule has 2 fully saturated rings. The second-order valence-electron chi connectivity index (χ2n) is 6.41. The highest BCUT2D eigenvalue weighted by atomic mass is 16.4. The Balaban J connectivity index is 1.83. The van der Waals surface area contributed by atoms with Gasteiger partial charge in [-0.05, 0) is 12.8 Å². The molecule has 0 aromatic heterocycles. The third kappa shape index (κ3) is 4.39. The third-order valence-corrected chi connectivity index (χ3v) is 4.36. The number of hydrogen-bond acceptors (Lipinski definition) is 4. The molecule has 2 saturated heterocycles. The summed E-state index contributed by atoms with van der Waals surface area (Å²) in [6.45, 7) is 7.39. The highest BCUT2D eigenvalue weighted by Crippen LogP contribution is 2.22. The summed E-state index contributed by atoms with van der Waals surface area (Å²) >= 11 is 0. The first kappa shape index (κ1) is 18.1. The zero-order valence-electron chi connectivity index (χ0n) is 14.0. The number of carboxylic acid groups (broad SMARTS) is 1. The summed E-state index contributed by atoms with van der Waals surface area (Å²) in [5.74, 6) is -0.264. The van der Waals surface area contributed by atoms with Gasteiger partial charge < -0.3 is 30.3 Å². The van der Waals surface area contributed by atoms with Crippen molar-refractivity contribution in [1.29, 1.82) is 0 Å². The molecular weight excluding hydrogens is 312 g/mol. The molecule has 2 aliphatic rings. The maximum Gasteiger partial charge on any atom is 0.318 e. The Kier molecular flexibility index (Phi) is 6.05. The van der Waals surface area contributed by atoms with Crippen LogP contribution in [-0.2, 0) is 4.79 Å². The van der Waals surface area contributed by atoms with E-state index in [0.717, 1.165) is 29.7 Å². The first-order chi connectivity index (χ1) is 11.4. The Labute approximate surface area is 141 Å². The fraction of sp³-hybridized carbons (Fsp3) is 0.688. The molecule has 0 spiro atoms. The molecule has 0 bridgehead atoms. The Hall–Kier alpha value is -2.25. The van der Waals surface area contributed by atoms with Gasteiger partial charge in [-0.25, -0.2) is 4.79 Å². The molecule has 0 aliphatic carbocycles. The second kappa shape index (κ2) is 8.03. The second-order valence-corrected chi connectivity index (χ2v) is 6.41. The Morgan fingerprint density at radius 1 is 1.29 bits per heavy atom. The van der Waals surface area contributed by atoms with Crippen LogP contribution in [-0.4, -0.2) is 66.1 Å². The number of hydrogen-bond donors (Lipinski definition) is 2. The standard InChI is InChI=1S/C16H26N4O4/c1-3-4-5-6-17-15(22)20-8-11(2)7-13(20)14(21)18-12-9-19(10-12)16(23)24/h12-13H,2-10H2,1H3,(H,17,22)(H,18,21)(H,23,24)/p-1. The van der Waals surface area contributed by atoms with Gasteiger partial charge in [0, 0.05) is 26.2 Å². The van der Waals surface area contributed by atoms with Gasteiger partial charge in [0.15, 0.2) is 0 Å². The summed E-state index contributed by atoms with van der Waals surface area (Å²) in [6.07, 6.45) is 2.24. The molecule has 2 N–H and O–H groups in total. The molecule has 1 unspecified atom stereocenters. The van der Waals surface area contributed by atoms with E-state index in [-0.39, 0.29) is 31.1 Å². The minimum atomic E-state index is -1.23. The number of amides is 4. The van der Waals surface area contributed by atoms with Crippen molar-refractivity contribution >= 4 is 18.0 Å². The lowest BCUT2D eigenvalue weighted by molar-refractivity contribution is -0.270. The summed E-state index contributed by atoms with van der Waals surface area (Å²) in [6, 6.07) is -1.06. The maximum atomic E-state index is 12.4. The lowest BCUT2D eigenvalue weighted by Crippen LogP contribution is -2.65. The highest BCUT2D eigenvalue weighted by Gasteiger charge is 2.38. The minimum absolute atomic E-state index is 0.223. The quantitative estimate of drug-likeness (QED) is 0.511. The SMILES string of the molecule is C=C1CC(C(=O)NC2CN(C(=O)[O-])C2)N(C(=O)NCCCCC)C1. The van der Waals surface area contributed by atoms with E-state index in [2.05, 4.69) is 24.1 Å². The normalized spacial score (nSPS) is 20.7. The van der Waals surface area contributed by atoms with E-state index in [1.807, 2.05) is 0 Å². The van der Waals surface area contributed by atoms with Crippen LogP contribution in [0.2, 0.25) is 0 Å². The van der Waals surface area contributed by atoms with Crippen LogP contribution in [0.15, 0.2) is 12.2 Å². The van der Waals surface area contributed by atoms with E-state index in [0.29, 0.717) is 19.5 Å². The van der Waals surface area contributed by atoms with Gasteiger partial charge in [-0.3, -0.25) is 4.79 Å². The molecule has 8 heteroatoms. The van der Waals surface area contributed by atoms with E-state index in [1.54, 1.807) is 0 Å². The Bertz CT molecular complexity index is 516. The Morgan fingerprint density at radius 2 is 2.00 bits per heavy atom. The molecule has 0 aromatic carbocycles. The lowest BCUT2D eigenvalue weighted by Gasteiger charge is -2.41. The van der Waals surface area contributed by atoms with Crippen LogP contribution in [0.1, 0.15) is 32.6 Å². The number of carbonyl (C=O) groups excluding carboxylic acids is 3. The molecule has 0 aromatic rings. The van der Waals surface area contributed by atoms with Gasteiger partial charge in [0.2, 0.25) is 5.91 Å². The maximum absolute atomic E-state index is 12.4. The van der Waals surface area contributed by atoms with Crippen molar-refractivity contribution < 1.29 is 19.5 Å². The molecule has 24 heavy (non-hydrogen) atoms.